The smallest absolute Gasteiger partial charge is 0.410 e. The minimum Gasteiger partial charge on any atom is -0.450 e. The van der Waals surface area contributed by atoms with Crippen molar-refractivity contribution >= 4 is 34.4 Å². The van der Waals surface area contributed by atoms with Gasteiger partial charge in [0.1, 0.15) is 0 Å². The summed E-state index contributed by atoms with van der Waals surface area (Å²) < 4.78 is 4.99. The van der Waals surface area contributed by atoms with E-state index in [-0.39, 0.29) is 18.5 Å². The molecule has 0 atom stereocenters. The van der Waals surface area contributed by atoms with Crippen molar-refractivity contribution < 1.29 is 19.1 Å². The maximum atomic E-state index is 11.7. The minimum absolute atomic E-state index is 0.149. The van der Waals surface area contributed by atoms with E-state index in [4.69, 9.17) is 4.74 Å². The van der Waals surface area contributed by atoms with E-state index in [0.29, 0.717) is 31.2 Å². The Morgan fingerprint density at radius 1 is 1.48 bits per heavy atom. The van der Waals surface area contributed by atoms with Crippen molar-refractivity contribution in [3.05, 3.63) is 23.2 Å². The van der Waals surface area contributed by atoms with Gasteiger partial charge in [0.2, 0.25) is 11.8 Å². The molecular weight excluding hydrogens is 320 g/mol. The quantitative estimate of drug-likeness (QED) is 0.777. The monoisotopic (exact) mass is 338 g/mol. The van der Waals surface area contributed by atoms with Crippen LogP contribution in [0.3, 0.4) is 0 Å². The number of carbonyl (C=O) groups excluding carboxylic acids is 3. The molecule has 9 heteroatoms. The van der Waals surface area contributed by atoms with Gasteiger partial charge in [0.05, 0.1) is 25.4 Å². The summed E-state index contributed by atoms with van der Waals surface area (Å²) in [6, 6.07) is 0. The van der Waals surface area contributed by atoms with Gasteiger partial charge in [-0.3, -0.25) is 9.59 Å². The van der Waals surface area contributed by atoms with Crippen molar-refractivity contribution in [3.63, 3.8) is 0 Å². The highest BCUT2D eigenvalue weighted by Crippen LogP contribution is 2.28. The third-order valence-electron chi connectivity index (χ3n) is 3.11. The Kier molecular flexibility index (Phi) is 5.69. The van der Waals surface area contributed by atoms with E-state index in [1.54, 1.807) is 11.8 Å². The van der Waals surface area contributed by atoms with Crippen LogP contribution in [-0.2, 0) is 27.3 Å². The molecule has 2 rings (SSSR count). The summed E-state index contributed by atoms with van der Waals surface area (Å²) in [5.41, 5.74) is 0.876. The summed E-state index contributed by atoms with van der Waals surface area (Å²) in [5.74, 6) is -0.780. The van der Waals surface area contributed by atoms with E-state index in [2.05, 4.69) is 22.2 Å². The van der Waals surface area contributed by atoms with Gasteiger partial charge in [-0.05, 0) is 13.0 Å². The number of fused-ring (bicyclic) bond motifs is 1. The molecule has 124 valence electrons. The highest BCUT2D eigenvalue weighted by Gasteiger charge is 2.25. The second-order valence-corrected chi connectivity index (χ2v) is 5.81. The van der Waals surface area contributed by atoms with Crippen LogP contribution < -0.4 is 10.6 Å². The standard InChI is InChI=1S/C14H18N4O4S/c1-3-11(19)15-7-12(20)17-13-16-9-5-6-18(8-10(9)23-13)14(21)22-4-2/h3H,1,4-8H2,2H3,(H,15,19)(H,16,17,20). The summed E-state index contributed by atoms with van der Waals surface area (Å²) in [6.45, 7) is 6.22. The van der Waals surface area contributed by atoms with Gasteiger partial charge < -0.3 is 20.3 Å². The first-order chi connectivity index (χ1) is 11.0. The first kappa shape index (κ1) is 16.9. The fourth-order valence-corrected chi connectivity index (χ4v) is 3.06. The molecule has 1 aromatic rings. The lowest BCUT2D eigenvalue weighted by atomic mass is 10.2. The molecule has 1 aliphatic heterocycles. The summed E-state index contributed by atoms with van der Waals surface area (Å²) in [4.78, 5) is 41.4. The van der Waals surface area contributed by atoms with Gasteiger partial charge >= 0.3 is 6.09 Å². The van der Waals surface area contributed by atoms with Crippen LogP contribution >= 0.6 is 11.3 Å². The molecule has 2 N–H and O–H groups in total. The van der Waals surface area contributed by atoms with Gasteiger partial charge in [-0.2, -0.15) is 0 Å². The van der Waals surface area contributed by atoms with Crippen LogP contribution in [0, 0.1) is 0 Å². The summed E-state index contributed by atoms with van der Waals surface area (Å²) >= 11 is 1.32. The van der Waals surface area contributed by atoms with Crippen molar-refractivity contribution in [1.29, 1.82) is 0 Å². The van der Waals surface area contributed by atoms with Crippen molar-refractivity contribution in [1.82, 2.24) is 15.2 Å². The Morgan fingerprint density at radius 3 is 2.96 bits per heavy atom. The number of thiazole rings is 1. The summed E-state index contributed by atoms with van der Waals surface area (Å²) in [5, 5.41) is 5.48. The Hall–Kier alpha value is -2.42. The lowest BCUT2D eigenvalue weighted by Gasteiger charge is -2.24. The molecule has 0 fully saturated rings. The van der Waals surface area contributed by atoms with Gasteiger partial charge in [0, 0.05) is 17.8 Å². The topological polar surface area (TPSA) is 101 Å². The van der Waals surface area contributed by atoms with E-state index in [1.165, 1.54) is 11.3 Å². The lowest BCUT2D eigenvalue weighted by molar-refractivity contribution is -0.121. The van der Waals surface area contributed by atoms with E-state index in [9.17, 15) is 14.4 Å². The van der Waals surface area contributed by atoms with Crippen molar-refractivity contribution in [3.8, 4) is 0 Å². The first-order valence-electron chi connectivity index (χ1n) is 7.13. The fraction of sp³-hybridized carbons (Fsp3) is 0.429. The number of carbonyl (C=O) groups is 3. The maximum absolute atomic E-state index is 11.7. The molecular formula is C14H18N4O4S. The van der Waals surface area contributed by atoms with Crippen LogP contribution in [0.4, 0.5) is 9.93 Å². The third kappa shape index (κ3) is 4.52. The van der Waals surface area contributed by atoms with Crippen molar-refractivity contribution in [2.75, 3.05) is 25.0 Å². The van der Waals surface area contributed by atoms with E-state index in [0.717, 1.165) is 16.6 Å². The van der Waals surface area contributed by atoms with Crippen molar-refractivity contribution in [2.24, 2.45) is 0 Å². The molecule has 0 bridgehead atoms. The molecule has 0 radical (unpaired) electrons. The van der Waals surface area contributed by atoms with Gasteiger partial charge in [-0.25, -0.2) is 9.78 Å². The number of hydrogen-bond donors (Lipinski definition) is 2. The molecule has 8 nitrogen and oxygen atoms in total. The fourth-order valence-electron chi connectivity index (χ4n) is 2.02. The highest BCUT2D eigenvalue weighted by molar-refractivity contribution is 7.15. The summed E-state index contributed by atoms with van der Waals surface area (Å²) in [7, 11) is 0. The second-order valence-electron chi connectivity index (χ2n) is 4.73. The predicted molar refractivity (Wildman–Crippen MR) is 85.1 cm³/mol. The van der Waals surface area contributed by atoms with Gasteiger partial charge in [-0.15, -0.1) is 0 Å². The Balaban J connectivity index is 1.92. The predicted octanol–water partition coefficient (Wildman–Crippen LogP) is 0.898. The summed E-state index contributed by atoms with van der Waals surface area (Å²) in [6.07, 6.45) is 1.37. The number of anilines is 1. The Morgan fingerprint density at radius 2 is 2.26 bits per heavy atom. The first-order valence-corrected chi connectivity index (χ1v) is 7.95. The highest BCUT2D eigenvalue weighted by atomic mass is 32.1. The minimum atomic E-state index is -0.413. The van der Waals surface area contributed by atoms with Crippen LogP contribution in [0.25, 0.3) is 0 Å². The van der Waals surface area contributed by atoms with Crippen LogP contribution in [0.2, 0.25) is 0 Å². The number of nitrogens with zero attached hydrogens (tertiary/aromatic N) is 2. The molecule has 1 aromatic heterocycles. The van der Waals surface area contributed by atoms with Gasteiger partial charge in [0.25, 0.3) is 0 Å². The number of amides is 3. The van der Waals surface area contributed by atoms with E-state index in [1.807, 2.05) is 0 Å². The van der Waals surface area contributed by atoms with E-state index < -0.39 is 5.91 Å². The van der Waals surface area contributed by atoms with Crippen LogP contribution in [0.15, 0.2) is 12.7 Å². The zero-order valence-electron chi connectivity index (χ0n) is 12.8. The molecule has 0 aliphatic carbocycles. The molecule has 23 heavy (non-hydrogen) atoms. The van der Waals surface area contributed by atoms with Crippen LogP contribution in [0.1, 0.15) is 17.5 Å². The van der Waals surface area contributed by atoms with E-state index >= 15 is 0 Å². The third-order valence-corrected chi connectivity index (χ3v) is 4.11. The largest absolute Gasteiger partial charge is 0.450 e. The van der Waals surface area contributed by atoms with Gasteiger partial charge in [0.15, 0.2) is 5.13 Å². The van der Waals surface area contributed by atoms with Crippen LogP contribution in [0.5, 0.6) is 0 Å². The van der Waals surface area contributed by atoms with Gasteiger partial charge in [-0.1, -0.05) is 17.9 Å². The molecule has 0 unspecified atom stereocenters. The van der Waals surface area contributed by atoms with Crippen molar-refractivity contribution in [2.45, 2.75) is 19.9 Å². The molecule has 3 amide bonds. The normalized spacial score (nSPS) is 13.0. The Bertz CT molecular complexity index is 628. The number of rotatable bonds is 5. The second kappa shape index (κ2) is 7.73. The number of ether oxygens (including phenoxy) is 1. The molecule has 1 aliphatic rings. The average molecular weight is 338 g/mol. The Labute approximate surface area is 137 Å². The SMILES string of the molecule is C=CC(=O)NCC(=O)Nc1nc2c(s1)CN(C(=O)OCC)CC2. The average Bonchev–Trinajstić information content (AvgIpc) is 2.93. The molecule has 0 aromatic carbocycles. The molecule has 0 saturated carbocycles. The molecule has 0 saturated heterocycles. The molecule has 2 heterocycles. The lowest BCUT2D eigenvalue weighted by Crippen LogP contribution is -2.35. The number of aromatic nitrogens is 1. The maximum Gasteiger partial charge on any atom is 0.410 e. The zero-order chi connectivity index (χ0) is 16.8. The number of nitrogens with one attached hydrogen (secondary N) is 2. The zero-order valence-corrected chi connectivity index (χ0v) is 13.6. The number of hydrogen-bond acceptors (Lipinski definition) is 6. The van der Waals surface area contributed by atoms with Crippen LogP contribution in [-0.4, -0.2) is 47.5 Å². The molecule has 0 spiro atoms.